The van der Waals surface area contributed by atoms with Gasteiger partial charge in [0, 0.05) is 45.5 Å². The van der Waals surface area contributed by atoms with E-state index in [4.69, 9.17) is 14.2 Å². The molecule has 0 N–H and O–H groups in total. The van der Waals surface area contributed by atoms with Gasteiger partial charge in [-0.3, -0.25) is 0 Å². The van der Waals surface area contributed by atoms with Gasteiger partial charge in [0.1, 0.15) is 6.29 Å². The van der Waals surface area contributed by atoms with Gasteiger partial charge in [-0.25, -0.2) is 0 Å². The van der Waals surface area contributed by atoms with Crippen molar-refractivity contribution >= 4 is 6.29 Å². The molecule has 0 unspecified atom stereocenters. The average Bonchev–Trinajstić information content (AvgIpc) is 3.09. The zero-order chi connectivity index (χ0) is 21.0. The molecule has 0 aliphatic heterocycles. The number of aldehydes is 1. The second-order valence-corrected chi connectivity index (χ2v) is 10.8. The van der Waals surface area contributed by atoms with Gasteiger partial charge >= 0.3 is 0 Å². The van der Waals surface area contributed by atoms with E-state index in [2.05, 4.69) is 26.8 Å². The third-order valence-corrected chi connectivity index (χ3v) is 10.1. The first-order valence-electron chi connectivity index (χ1n) is 11.6. The van der Waals surface area contributed by atoms with Crippen LogP contribution in [0.1, 0.15) is 65.7 Å². The average molecular weight is 405 g/mol. The maximum atomic E-state index is 11.6. The van der Waals surface area contributed by atoms with Crippen LogP contribution in [0.2, 0.25) is 0 Å². The Morgan fingerprint density at radius 1 is 1.10 bits per heavy atom. The molecule has 0 bridgehead atoms. The molecule has 3 saturated carbocycles. The van der Waals surface area contributed by atoms with Crippen molar-refractivity contribution in [2.75, 3.05) is 21.3 Å². The Bertz CT molecular complexity index is 668. The lowest BCUT2D eigenvalue weighted by Crippen LogP contribution is -2.59. The summed E-state index contributed by atoms with van der Waals surface area (Å²) in [5.41, 5.74) is 1.83. The van der Waals surface area contributed by atoms with Gasteiger partial charge in [-0.05, 0) is 61.2 Å². The normalized spacial score (nSPS) is 46.8. The lowest BCUT2D eigenvalue weighted by Gasteiger charge is -2.61. The summed E-state index contributed by atoms with van der Waals surface area (Å²) in [7, 11) is 5.36. The summed E-state index contributed by atoms with van der Waals surface area (Å²) in [5.74, 6) is 2.21. The first-order chi connectivity index (χ1) is 13.8. The molecule has 0 spiro atoms. The minimum atomic E-state index is -0.570. The van der Waals surface area contributed by atoms with E-state index in [1.807, 2.05) is 7.11 Å². The van der Waals surface area contributed by atoms with Crippen molar-refractivity contribution in [2.24, 2.45) is 40.4 Å². The Labute approximate surface area is 176 Å². The first-order valence-corrected chi connectivity index (χ1v) is 11.6. The van der Waals surface area contributed by atoms with Crippen molar-refractivity contribution in [3.8, 4) is 0 Å². The fourth-order valence-electron chi connectivity index (χ4n) is 8.38. The van der Waals surface area contributed by atoms with Crippen molar-refractivity contribution in [3.63, 3.8) is 0 Å². The molecule has 0 aromatic rings. The second-order valence-electron chi connectivity index (χ2n) is 10.8. The van der Waals surface area contributed by atoms with Gasteiger partial charge in [-0.1, -0.05) is 32.4 Å². The monoisotopic (exact) mass is 404 g/mol. The minimum absolute atomic E-state index is 0.0495. The van der Waals surface area contributed by atoms with E-state index in [0.29, 0.717) is 23.2 Å². The van der Waals surface area contributed by atoms with Crippen LogP contribution in [0, 0.1) is 40.4 Å². The van der Waals surface area contributed by atoms with E-state index < -0.39 is 5.79 Å². The Kier molecular flexibility index (Phi) is 5.53. The van der Waals surface area contributed by atoms with E-state index in [1.54, 1.807) is 14.2 Å². The largest absolute Gasteiger partial charge is 0.380 e. The number of methoxy groups -OCH3 is 3. The molecule has 0 aromatic heterocycles. The van der Waals surface area contributed by atoms with Crippen LogP contribution >= 0.6 is 0 Å². The van der Waals surface area contributed by atoms with Gasteiger partial charge in [0.25, 0.3) is 0 Å². The molecule has 8 atom stereocenters. The SMILES string of the molecule is CO[C@H]1CC(OC)(OC)CC2=CC[C@H]3[C@@H]4CC[C@H]([C@H](C)C=O)[C@@]4(C)CC[C@@H]3[C@]21C. The lowest BCUT2D eigenvalue weighted by atomic mass is 9.46. The van der Waals surface area contributed by atoms with E-state index in [0.717, 1.165) is 25.2 Å². The second kappa shape index (κ2) is 7.46. The zero-order valence-corrected chi connectivity index (χ0v) is 19.2. The highest BCUT2D eigenvalue weighted by atomic mass is 16.7. The highest BCUT2D eigenvalue weighted by Crippen LogP contribution is 2.67. The number of carbonyl (C=O) groups is 1. The number of rotatable bonds is 5. The maximum absolute atomic E-state index is 11.6. The van der Waals surface area contributed by atoms with Crippen LogP contribution in [0.4, 0.5) is 0 Å². The van der Waals surface area contributed by atoms with Gasteiger partial charge in [0.2, 0.25) is 0 Å². The molecule has 0 saturated heterocycles. The molecule has 0 radical (unpaired) electrons. The number of allylic oxidation sites excluding steroid dienone is 1. The van der Waals surface area contributed by atoms with Gasteiger partial charge in [-0.15, -0.1) is 0 Å². The summed E-state index contributed by atoms with van der Waals surface area (Å²) in [6.45, 7) is 7.07. The van der Waals surface area contributed by atoms with Crippen LogP contribution in [0.3, 0.4) is 0 Å². The zero-order valence-electron chi connectivity index (χ0n) is 19.2. The summed E-state index contributed by atoms with van der Waals surface area (Å²) < 4.78 is 17.8. The molecular formula is C25H40O4. The third-order valence-electron chi connectivity index (χ3n) is 10.1. The number of ether oxygens (including phenoxy) is 3. The fraction of sp³-hybridized carbons (Fsp3) is 0.880. The van der Waals surface area contributed by atoms with Crippen LogP contribution in [-0.2, 0) is 19.0 Å². The smallest absolute Gasteiger partial charge is 0.173 e. The Hall–Kier alpha value is -0.710. The number of carbonyl (C=O) groups excluding carboxylic acids is 1. The molecule has 164 valence electrons. The molecule has 4 rings (SSSR count). The van der Waals surface area contributed by atoms with Crippen molar-refractivity contribution in [1.29, 1.82) is 0 Å². The predicted octanol–water partition coefficient (Wildman–Crippen LogP) is 5.01. The number of hydrogen-bond donors (Lipinski definition) is 0. The summed E-state index contributed by atoms with van der Waals surface area (Å²) in [4.78, 5) is 11.6. The Balaban J connectivity index is 1.68. The molecule has 0 aromatic carbocycles. The van der Waals surface area contributed by atoms with Crippen molar-refractivity contribution in [2.45, 2.75) is 77.6 Å². The molecular weight excluding hydrogens is 364 g/mol. The molecule has 0 amide bonds. The minimum Gasteiger partial charge on any atom is -0.380 e. The quantitative estimate of drug-likeness (QED) is 0.367. The van der Waals surface area contributed by atoms with Crippen molar-refractivity contribution < 1.29 is 19.0 Å². The molecule has 4 aliphatic rings. The van der Waals surface area contributed by atoms with Gasteiger partial charge in [0.15, 0.2) is 5.79 Å². The first kappa shape index (κ1) is 21.5. The highest BCUT2D eigenvalue weighted by molar-refractivity contribution is 5.53. The summed E-state index contributed by atoms with van der Waals surface area (Å²) in [6, 6.07) is 0. The lowest BCUT2D eigenvalue weighted by molar-refractivity contribution is -0.253. The van der Waals surface area contributed by atoms with Crippen LogP contribution in [0.15, 0.2) is 11.6 Å². The Morgan fingerprint density at radius 3 is 2.45 bits per heavy atom. The Morgan fingerprint density at radius 2 is 1.83 bits per heavy atom. The van der Waals surface area contributed by atoms with Crippen LogP contribution in [0.25, 0.3) is 0 Å². The maximum Gasteiger partial charge on any atom is 0.173 e. The van der Waals surface area contributed by atoms with Crippen LogP contribution in [0.5, 0.6) is 0 Å². The standard InChI is InChI=1S/C25H40O4/c1-16(15-26)19-9-10-20-18-8-7-17-13-25(28-5,29-6)14-22(27-4)24(17,3)21(18)11-12-23(19,20)2/h7,15-16,18-22H,8-14H2,1-6H3/t16-,18+,19-,20+,21+,22+,23-,24+/m1/s1. The molecule has 3 fully saturated rings. The van der Waals surface area contributed by atoms with Gasteiger partial charge < -0.3 is 19.0 Å². The van der Waals surface area contributed by atoms with E-state index in [9.17, 15) is 4.79 Å². The third kappa shape index (κ3) is 2.92. The number of fused-ring (bicyclic) bond motifs is 5. The summed E-state index contributed by atoms with van der Waals surface area (Å²) in [6.07, 6.45) is 11.5. The summed E-state index contributed by atoms with van der Waals surface area (Å²) >= 11 is 0. The topological polar surface area (TPSA) is 44.8 Å². The van der Waals surface area contributed by atoms with E-state index in [1.165, 1.54) is 37.5 Å². The molecule has 0 heterocycles. The van der Waals surface area contributed by atoms with E-state index in [-0.39, 0.29) is 17.4 Å². The molecule has 4 aliphatic carbocycles. The van der Waals surface area contributed by atoms with Crippen molar-refractivity contribution in [1.82, 2.24) is 0 Å². The summed E-state index contributed by atoms with van der Waals surface area (Å²) in [5, 5.41) is 0. The van der Waals surface area contributed by atoms with Gasteiger partial charge in [-0.2, -0.15) is 0 Å². The predicted molar refractivity (Wildman–Crippen MR) is 113 cm³/mol. The van der Waals surface area contributed by atoms with Crippen LogP contribution < -0.4 is 0 Å². The van der Waals surface area contributed by atoms with Crippen LogP contribution in [-0.4, -0.2) is 39.5 Å². The highest BCUT2D eigenvalue weighted by Gasteiger charge is 2.63. The molecule has 4 nitrogen and oxygen atoms in total. The van der Waals surface area contributed by atoms with E-state index >= 15 is 0 Å². The fourth-order valence-corrected chi connectivity index (χ4v) is 8.38. The molecule has 29 heavy (non-hydrogen) atoms. The number of hydrogen-bond acceptors (Lipinski definition) is 4. The molecule has 4 heteroatoms. The van der Waals surface area contributed by atoms with Crippen molar-refractivity contribution in [3.05, 3.63) is 11.6 Å². The van der Waals surface area contributed by atoms with Gasteiger partial charge in [0.05, 0.1) is 6.10 Å².